The number of fused-ring (bicyclic) bond motifs is 1. The fraction of sp³-hybridized carbons (Fsp3) is 0.333. The topological polar surface area (TPSA) is 35.2 Å². The van der Waals surface area contributed by atoms with Gasteiger partial charge in [0.2, 0.25) is 0 Å². The maximum Gasteiger partial charge on any atom is 0.0725 e. The van der Waals surface area contributed by atoms with Crippen LogP contribution in [-0.4, -0.2) is 0 Å². The highest BCUT2D eigenvalue weighted by Gasteiger charge is 2.17. The summed E-state index contributed by atoms with van der Waals surface area (Å²) in [6.45, 7) is 5.73. The number of nitrogens with two attached hydrogens (primary N) is 1. The number of ether oxygens (including phenoxy) is 1. The third-order valence-electron chi connectivity index (χ3n) is 3.52. The number of rotatable bonds is 2. The Kier molecular flexibility index (Phi) is 2.98. The first kappa shape index (κ1) is 11.9. The van der Waals surface area contributed by atoms with Crippen LogP contribution in [-0.2, 0) is 18.0 Å². The fourth-order valence-electron chi connectivity index (χ4n) is 2.52. The first-order valence-electron chi connectivity index (χ1n) is 6.17. The summed E-state index contributed by atoms with van der Waals surface area (Å²) in [6.07, 6.45) is 0. The van der Waals surface area contributed by atoms with Crippen molar-refractivity contribution < 1.29 is 4.74 Å². The molecule has 2 N–H and O–H groups in total. The van der Waals surface area contributed by atoms with Gasteiger partial charge in [0, 0.05) is 9.75 Å². The van der Waals surface area contributed by atoms with Crippen molar-refractivity contribution >= 4 is 11.3 Å². The molecule has 0 fully saturated rings. The number of hydrogen-bond acceptors (Lipinski definition) is 3. The summed E-state index contributed by atoms with van der Waals surface area (Å²) in [6, 6.07) is 8.64. The van der Waals surface area contributed by atoms with Gasteiger partial charge in [0.15, 0.2) is 0 Å². The largest absolute Gasteiger partial charge is 0.372 e. The lowest BCUT2D eigenvalue weighted by Crippen LogP contribution is -2.12. The second kappa shape index (κ2) is 4.50. The van der Waals surface area contributed by atoms with Crippen molar-refractivity contribution in [2.75, 3.05) is 0 Å². The van der Waals surface area contributed by atoms with Crippen molar-refractivity contribution in [2.24, 2.45) is 5.73 Å². The minimum Gasteiger partial charge on any atom is -0.372 e. The average molecular weight is 259 g/mol. The molecule has 3 heteroatoms. The molecule has 1 atom stereocenters. The predicted octanol–water partition coefficient (Wildman–Crippen LogP) is 3.44. The van der Waals surface area contributed by atoms with Crippen LogP contribution in [0.3, 0.4) is 0 Å². The van der Waals surface area contributed by atoms with Gasteiger partial charge in [-0.15, -0.1) is 11.3 Å². The third kappa shape index (κ3) is 1.99. The monoisotopic (exact) mass is 259 g/mol. The summed E-state index contributed by atoms with van der Waals surface area (Å²) >= 11 is 1.81. The van der Waals surface area contributed by atoms with Crippen LogP contribution in [0.25, 0.3) is 0 Å². The highest BCUT2D eigenvalue weighted by Crippen LogP contribution is 2.31. The van der Waals surface area contributed by atoms with Gasteiger partial charge in [-0.3, -0.25) is 0 Å². The normalized spacial score (nSPS) is 15.7. The molecule has 0 amide bonds. The van der Waals surface area contributed by atoms with Crippen LogP contribution in [0.4, 0.5) is 0 Å². The minimum atomic E-state index is -0.0270. The van der Waals surface area contributed by atoms with E-state index in [0.717, 1.165) is 13.2 Å². The van der Waals surface area contributed by atoms with Gasteiger partial charge >= 0.3 is 0 Å². The first-order chi connectivity index (χ1) is 8.65. The third-order valence-corrected chi connectivity index (χ3v) is 4.50. The molecule has 1 aromatic heterocycles. The van der Waals surface area contributed by atoms with Gasteiger partial charge in [-0.25, -0.2) is 0 Å². The Morgan fingerprint density at radius 1 is 1.17 bits per heavy atom. The van der Waals surface area contributed by atoms with E-state index in [2.05, 4.69) is 38.1 Å². The highest BCUT2D eigenvalue weighted by molar-refractivity contribution is 7.12. The summed E-state index contributed by atoms with van der Waals surface area (Å²) in [7, 11) is 0. The van der Waals surface area contributed by atoms with Gasteiger partial charge in [-0.1, -0.05) is 18.2 Å². The van der Waals surface area contributed by atoms with E-state index < -0.39 is 0 Å². The van der Waals surface area contributed by atoms with E-state index in [-0.39, 0.29) is 6.04 Å². The molecule has 0 radical (unpaired) electrons. The summed E-state index contributed by atoms with van der Waals surface area (Å²) < 4.78 is 5.44. The lowest BCUT2D eigenvalue weighted by atomic mass is 9.97. The molecule has 2 nitrogen and oxygen atoms in total. The Morgan fingerprint density at radius 3 is 2.67 bits per heavy atom. The first-order valence-corrected chi connectivity index (χ1v) is 6.99. The molecule has 1 unspecified atom stereocenters. The molecule has 0 bridgehead atoms. The van der Waals surface area contributed by atoms with E-state index in [1.165, 1.54) is 32.0 Å². The van der Waals surface area contributed by atoms with Crippen molar-refractivity contribution in [1.29, 1.82) is 0 Å². The van der Waals surface area contributed by atoms with E-state index >= 15 is 0 Å². The van der Waals surface area contributed by atoms with Gasteiger partial charge in [0.25, 0.3) is 0 Å². The van der Waals surface area contributed by atoms with Crippen molar-refractivity contribution in [2.45, 2.75) is 33.1 Å². The van der Waals surface area contributed by atoms with E-state index in [9.17, 15) is 0 Å². The van der Waals surface area contributed by atoms with Crippen LogP contribution in [0, 0.1) is 13.8 Å². The molecule has 2 heterocycles. The lowest BCUT2D eigenvalue weighted by Gasteiger charge is -2.13. The second-order valence-corrected chi connectivity index (χ2v) is 6.33. The molecule has 0 aliphatic carbocycles. The Morgan fingerprint density at radius 2 is 1.94 bits per heavy atom. The Bertz CT molecular complexity index is 588. The smallest absolute Gasteiger partial charge is 0.0725 e. The van der Waals surface area contributed by atoms with E-state index in [4.69, 9.17) is 10.5 Å². The van der Waals surface area contributed by atoms with Crippen LogP contribution < -0.4 is 5.73 Å². The fourth-order valence-corrected chi connectivity index (χ4v) is 3.50. The Labute approximate surface area is 111 Å². The number of hydrogen-bond donors (Lipinski definition) is 1. The van der Waals surface area contributed by atoms with Crippen LogP contribution in [0.1, 0.15) is 38.0 Å². The molecule has 0 saturated carbocycles. The lowest BCUT2D eigenvalue weighted by molar-refractivity contribution is 0.134. The van der Waals surface area contributed by atoms with E-state index in [1.54, 1.807) is 0 Å². The zero-order valence-electron chi connectivity index (χ0n) is 10.7. The zero-order chi connectivity index (χ0) is 12.7. The molecule has 1 aromatic carbocycles. The van der Waals surface area contributed by atoms with Gasteiger partial charge in [0.1, 0.15) is 0 Å². The molecular weight excluding hydrogens is 242 g/mol. The number of thiophene rings is 1. The van der Waals surface area contributed by atoms with Gasteiger partial charge in [-0.05, 0) is 42.2 Å². The molecule has 1 aliphatic rings. The Balaban J connectivity index is 1.97. The number of benzene rings is 1. The molecule has 1 aliphatic heterocycles. The van der Waals surface area contributed by atoms with Crippen LogP contribution >= 0.6 is 11.3 Å². The van der Waals surface area contributed by atoms with Gasteiger partial charge < -0.3 is 10.5 Å². The van der Waals surface area contributed by atoms with E-state index in [1.807, 2.05) is 11.3 Å². The highest BCUT2D eigenvalue weighted by atomic mass is 32.1. The second-order valence-electron chi connectivity index (χ2n) is 4.87. The quantitative estimate of drug-likeness (QED) is 0.896. The number of aryl methyl sites for hydroxylation is 2. The van der Waals surface area contributed by atoms with Crippen molar-refractivity contribution in [3.63, 3.8) is 0 Å². The average Bonchev–Trinajstić information content (AvgIpc) is 2.93. The summed E-state index contributed by atoms with van der Waals surface area (Å²) in [4.78, 5) is 2.64. The molecule has 0 spiro atoms. The van der Waals surface area contributed by atoms with Crippen molar-refractivity contribution in [3.8, 4) is 0 Å². The molecule has 3 rings (SSSR count). The predicted molar refractivity (Wildman–Crippen MR) is 74.8 cm³/mol. The van der Waals surface area contributed by atoms with Crippen molar-refractivity contribution in [1.82, 2.24) is 0 Å². The van der Waals surface area contributed by atoms with E-state index in [0.29, 0.717) is 0 Å². The zero-order valence-corrected chi connectivity index (χ0v) is 11.5. The van der Waals surface area contributed by atoms with Crippen molar-refractivity contribution in [3.05, 3.63) is 56.3 Å². The molecule has 18 heavy (non-hydrogen) atoms. The van der Waals surface area contributed by atoms with Crippen LogP contribution in [0.2, 0.25) is 0 Å². The van der Waals surface area contributed by atoms with Gasteiger partial charge in [-0.2, -0.15) is 0 Å². The molecule has 94 valence electrons. The van der Waals surface area contributed by atoms with Gasteiger partial charge in [0.05, 0.1) is 19.3 Å². The molecular formula is C15H17NOS. The SMILES string of the molecule is Cc1cc(C(N)c2ccc3c(c2)COC3)c(C)s1. The maximum atomic E-state index is 6.39. The standard InChI is InChI=1S/C15H17NOS/c1-9-5-14(10(2)18-9)15(16)11-3-4-12-7-17-8-13(12)6-11/h3-6,15H,7-8,16H2,1-2H3. The minimum absolute atomic E-state index is 0.0270. The summed E-state index contributed by atoms with van der Waals surface area (Å²) in [5.74, 6) is 0. The molecule has 0 saturated heterocycles. The Hall–Kier alpha value is -1.16. The summed E-state index contributed by atoms with van der Waals surface area (Å²) in [5, 5.41) is 0. The summed E-state index contributed by atoms with van der Waals surface area (Å²) in [5.41, 5.74) is 11.4. The van der Waals surface area contributed by atoms with Crippen LogP contribution in [0.15, 0.2) is 24.3 Å². The maximum absolute atomic E-state index is 6.39. The van der Waals surface area contributed by atoms with Crippen LogP contribution in [0.5, 0.6) is 0 Å². The molecule has 2 aromatic rings.